The van der Waals surface area contributed by atoms with Crippen LogP contribution in [0, 0.1) is 0 Å². The van der Waals surface area contributed by atoms with Gasteiger partial charge in [0.1, 0.15) is 17.1 Å². The van der Waals surface area contributed by atoms with Crippen LogP contribution < -0.4 is 10.1 Å². The third-order valence-electron chi connectivity index (χ3n) is 5.28. The van der Waals surface area contributed by atoms with Gasteiger partial charge in [0, 0.05) is 18.2 Å². The number of benzene rings is 2. The lowest BCUT2D eigenvalue weighted by atomic mass is 10.2. The first-order valence-electron chi connectivity index (χ1n) is 11.0. The van der Waals surface area contributed by atoms with Crippen LogP contribution in [-0.4, -0.2) is 33.2 Å². The van der Waals surface area contributed by atoms with Crippen LogP contribution >= 0.6 is 0 Å². The highest BCUT2D eigenvalue weighted by atomic mass is 16.5. The minimum atomic E-state index is -0.704. The quantitative estimate of drug-likeness (QED) is 0.387. The van der Waals surface area contributed by atoms with Crippen LogP contribution in [0.15, 0.2) is 85.1 Å². The highest BCUT2D eigenvalue weighted by Crippen LogP contribution is 2.40. The monoisotopic (exact) mass is 454 g/mol. The van der Waals surface area contributed by atoms with Gasteiger partial charge in [0.2, 0.25) is 5.88 Å². The third-order valence-corrected chi connectivity index (χ3v) is 5.28. The van der Waals surface area contributed by atoms with E-state index in [-0.39, 0.29) is 11.4 Å². The van der Waals surface area contributed by atoms with Crippen LogP contribution in [0.3, 0.4) is 0 Å². The Morgan fingerprint density at radius 2 is 1.71 bits per heavy atom. The summed E-state index contributed by atoms with van der Waals surface area (Å²) < 4.78 is 12.7. The van der Waals surface area contributed by atoms with Crippen molar-refractivity contribution in [3.05, 3.63) is 96.3 Å². The van der Waals surface area contributed by atoms with Crippen LogP contribution in [0.25, 0.3) is 5.69 Å². The van der Waals surface area contributed by atoms with Crippen LogP contribution in [0.4, 0.5) is 5.82 Å². The summed E-state index contributed by atoms with van der Waals surface area (Å²) in [7, 11) is 0. The number of hydrogen-bond acceptors (Lipinski definition) is 6. The van der Waals surface area contributed by atoms with Crippen molar-refractivity contribution < 1.29 is 19.1 Å². The normalized spacial score (nSPS) is 12.7. The van der Waals surface area contributed by atoms with Crippen LogP contribution in [-0.2, 0) is 9.53 Å². The van der Waals surface area contributed by atoms with E-state index in [9.17, 15) is 9.59 Å². The van der Waals surface area contributed by atoms with Crippen molar-refractivity contribution >= 4 is 17.7 Å². The molecule has 1 saturated carbocycles. The Labute approximate surface area is 196 Å². The van der Waals surface area contributed by atoms with Crippen molar-refractivity contribution in [2.24, 2.45) is 0 Å². The van der Waals surface area contributed by atoms with E-state index in [0.29, 0.717) is 17.5 Å². The Morgan fingerprint density at radius 3 is 2.44 bits per heavy atom. The molecule has 8 nitrogen and oxygen atoms in total. The minimum Gasteiger partial charge on any atom is -0.452 e. The number of carbonyl (C=O) groups excluding carboxylic acids is 2. The van der Waals surface area contributed by atoms with Gasteiger partial charge >= 0.3 is 5.97 Å². The van der Waals surface area contributed by atoms with E-state index in [1.807, 2.05) is 54.6 Å². The average Bonchev–Trinajstić information content (AvgIpc) is 3.64. The molecule has 4 aromatic rings. The number of nitrogens with zero attached hydrogens (tertiary/aromatic N) is 3. The number of nitrogens with one attached hydrogen (secondary N) is 1. The maximum Gasteiger partial charge on any atom is 0.344 e. The number of para-hydroxylation sites is 2. The van der Waals surface area contributed by atoms with Crippen LogP contribution in [0.2, 0.25) is 0 Å². The van der Waals surface area contributed by atoms with Crippen molar-refractivity contribution in [2.45, 2.75) is 18.8 Å². The summed E-state index contributed by atoms with van der Waals surface area (Å²) in [5.41, 5.74) is 1.90. The zero-order valence-electron chi connectivity index (χ0n) is 18.3. The lowest BCUT2D eigenvalue weighted by molar-refractivity contribution is -0.119. The second kappa shape index (κ2) is 9.58. The van der Waals surface area contributed by atoms with E-state index < -0.39 is 18.5 Å². The molecule has 1 fully saturated rings. The molecule has 2 aromatic heterocycles. The zero-order valence-corrected chi connectivity index (χ0v) is 18.3. The number of aromatic nitrogens is 3. The lowest BCUT2D eigenvalue weighted by Gasteiger charge is -2.11. The van der Waals surface area contributed by atoms with Crippen LogP contribution in [0.1, 0.15) is 34.8 Å². The largest absolute Gasteiger partial charge is 0.452 e. The van der Waals surface area contributed by atoms with Gasteiger partial charge in [0.25, 0.3) is 5.91 Å². The summed E-state index contributed by atoms with van der Waals surface area (Å²) in [6, 6.07) is 23.6. The Kier molecular flexibility index (Phi) is 6.03. The van der Waals surface area contributed by atoms with Crippen molar-refractivity contribution in [3.63, 3.8) is 0 Å². The molecule has 0 atom stereocenters. The van der Waals surface area contributed by atoms with Gasteiger partial charge < -0.3 is 14.8 Å². The van der Waals surface area contributed by atoms with E-state index in [0.717, 1.165) is 24.2 Å². The molecule has 0 spiro atoms. The number of anilines is 1. The highest BCUT2D eigenvalue weighted by Gasteiger charge is 2.28. The van der Waals surface area contributed by atoms with Gasteiger partial charge in [-0.3, -0.25) is 4.79 Å². The number of carbonyl (C=O) groups is 2. The number of amides is 1. The fraction of sp³-hybridized carbons (Fsp3) is 0.154. The van der Waals surface area contributed by atoms with Gasteiger partial charge in [-0.1, -0.05) is 36.4 Å². The SMILES string of the molecule is O=C(COC(=O)c1cccnc1Oc1ccccc1)Nc1cc(C2CC2)nn1-c1ccccc1. The second-order valence-corrected chi connectivity index (χ2v) is 7.87. The van der Waals surface area contributed by atoms with E-state index in [4.69, 9.17) is 9.47 Å². The molecule has 1 aliphatic rings. The first kappa shape index (κ1) is 21.4. The summed E-state index contributed by atoms with van der Waals surface area (Å²) in [5.74, 6) is 0.422. The minimum absolute atomic E-state index is 0.107. The molecule has 0 saturated heterocycles. The Balaban J connectivity index is 1.26. The van der Waals surface area contributed by atoms with E-state index in [1.54, 1.807) is 22.9 Å². The maximum absolute atomic E-state index is 12.7. The van der Waals surface area contributed by atoms with Gasteiger partial charge in [-0.25, -0.2) is 14.5 Å². The summed E-state index contributed by atoms with van der Waals surface area (Å²) in [4.78, 5) is 29.4. The van der Waals surface area contributed by atoms with Gasteiger partial charge in [-0.15, -0.1) is 0 Å². The summed E-state index contributed by atoms with van der Waals surface area (Å²) in [6.07, 6.45) is 3.70. The van der Waals surface area contributed by atoms with Crippen molar-refractivity contribution in [1.29, 1.82) is 0 Å². The van der Waals surface area contributed by atoms with Gasteiger partial charge in [0.15, 0.2) is 6.61 Å². The van der Waals surface area contributed by atoms with E-state index >= 15 is 0 Å². The Morgan fingerprint density at radius 1 is 0.971 bits per heavy atom. The fourth-order valence-corrected chi connectivity index (χ4v) is 3.45. The number of rotatable bonds is 8. The molecule has 0 aliphatic heterocycles. The summed E-state index contributed by atoms with van der Waals surface area (Å²) in [6.45, 7) is -0.461. The number of pyridine rings is 1. The Hall–Kier alpha value is -4.46. The predicted molar refractivity (Wildman–Crippen MR) is 125 cm³/mol. The maximum atomic E-state index is 12.7. The molecule has 0 unspecified atom stereocenters. The van der Waals surface area contributed by atoms with E-state index in [1.165, 1.54) is 12.3 Å². The molecule has 5 rings (SSSR count). The molecule has 2 heterocycles. The molecule has 1 N–H and O–H groups in total. The fourth-order valence-electron chi connectivity index (χ4n) is 3.45. The molecule has 1 amide bonds. The lowest BCUT2D eigenvalue weighted by Crippen LogP contribution is -2.22. The molecule has 1 aliphatic carbocycles. The molecule has 0 radical (unpaired) electrons. The number of ether oxygens (including phenoxy) is 2. The molecule has 0 bridgehead atoms. The zero-order chi connectivity index (χ0) is 23.3. The molecule has 8 heteroatoms. The molecular formula is C26H22N4O4. The Bertz CT molecular complexity index is 1300. The molecule has 2 aromatic carbocycles. The molecule has 34 heavy (non-hydrogen) atoms. The third kappa shape index (κ3) is 4.96. The van der Waals surface area contributed by atoms with Crippen molar-refractivity contribution in [1.82, 2.24) is 14.8 Å². The first-order chi connectivity index (χ1) is 16.7. The van der Waals surface area contributed by atoms with Crippen molar-refractivity contribution in [2.75, 3.05) is 11.9 Å². The average molecular weight is 454 g/mol. The summed E-state index contributed by atoms with van der Waals surface area (Å²) >= 11 is 0. The van der Waals surface area contributed by atoms with Crippen LogP contribution in [0.5, 0.6) is 11.6 Å². The molecular weight excluding hydrogens is 432 g/mol. The highest BCUT2D eigenvalue weighted by molar-refractivity contribution is 5.96. The topological polar surface area (TPSA) is 95.3 Å². The predicted octanol–water partition coefficient (Wildman–Crippen LogP) is 4.73. The smallest absolute Gasteiger partial charge is 0.344 e. The van der Waals surface area contributed by atoms with Gasteiger partial charge in [-0.05, 0) is 49.2 Å². The van der Waals surface area contributed by atoms with Crippen molar-refractivity contribution in [3.8, 4) is 17.3 Å². The standard InChI is InChI=1S/C26H22N4O4/c31-24(28-23-16-22(18-13-14-18)29-30(23)19-8-3-1-4-9-19)17-33-26(32)21-12-7-15-27-25(21)34-20-10-5-2-6-11-20/h1-12,15-16,18H,13-14,17H2,(H,28,31). The first-order valence-corrected chi connectivity index (χ1v) is 11.0. The number of esters is 1. The van der Waals surface area contributed by atoms with E-state index in [2.05, 4.69) is 15.4 Å². The van der Waals surface area contributed by atoms with Gasteiger partial charge in [0.05, 0.1) is 11.4 Å². The number of hydrogen-bond donors (Lipinski definition) is 1. The summed E-state index contributed by atoms with van der Waals surface area (Å²) in [5, 5.41) is 7.47. The van der Waals surface area contributed by atoms with Gasteiger partial charge in [-0.2, -0.15) is 5.10 Å². The molecule has 170 valence electrons. The second-order valence-electron chi connectivity index (χ2n) is 7.87.